The zero-order valence-electron chi connectivity index (χ0n) is 16.4. The molecule has 0 atom stereocenters. The molecule has 1 heterocycles. The van der Waals surface area contributed by atoms with Gasteiger partial charge in [-0.25, -0.2) is 9.79 Å². The lowest BCUT2D eigenvalue weighted by Crippen LogP contribution is -2.07. The van der Waals surface area contributed by atoms with Gasteiger partial charge in [-0.3, -0.25) is 0 Å². The number of hydrogen-bond donors (Lipinski definition) is 0. The Morgan fingerprint density at radius 2 is 1.57 bits per heavy atom. The Labute approximate surface area is 163 Å². The largest absolute Gasteiger partial charge is 0.496 e. The molecule has 0 aliphatic carbocycles. The Bertz CT molecular complexity index is 952. The summed E-state index contributed by atoms with van der Waals surface area (Å²) in [6.07, 6.45) is 1.60. The van der Waals surface area contributed by atoms with Crippen molar-refractivity contribution >= 4 is 17.9 Å². The van der Waals surface area contributed by atoms with Crippen LogP contribution < -0.4 is 18.9 Å². The quantitative estimate of drug-likeness (QED) is 0.562. The Hall–Kier alpha value is -3.48. The lowest BCUT2D eigenvalue weighted by Gasteiger charge is -2.12. The molecule has 0 fully saturated rings. The maximum Gasteiger partial charge on any atom is 0.363 e. The minimum atomic E-state index is -0.549. The van der Waals surface area contributed by atoms with E-state index >= 15 is 0 Å². The van der Waals surface area contributed by atoms with Crippen LogP contribution in [0.5, 0.6) is 23.0 Å². The molecule has 1 aliphatic heterocycles. The highest BCUT2D eigenvalue weighted by Gasteiger charge is 2.27. The van der Waals surface area contributed by atoms with Crippen molar-refractivity contribution < 1.29 is 28.5 Å². The average Bonchev–Trinajstić information content (AvgIpc) is 3.07. The molecule has 0 saturated carbocycles. The smallest absolute Gasteiger partial charge is 0.363 e. The minimum Gasteiger partial charge on any atom is -0.496 e. The monoisotopic (exact) mass is 383 g/mol. The number of methoxy groups -OCH3 is 4. The summed E-state index contributed by atoms with van der Waals surface area (Å²) in [4.78, 5) is 16.7. The van der Waals surface area contributed by atoms with Gasteiger partial charge in [0.05, 0.1) is 34.0 Å². The van der Waals surface area contributed by atoms with E-state index in [1.165, 1.54) is 21.3 Å². The summed E-state index contributed by atoms with van der Waals surface area (Å²) < 4.78 is 26.8. The van der Waals surface area contributed by atoms with Gasteiger partial charge in [-0.1, -0.05) is 12.1 Å². The number of rotatable bonds is 6. The van der Waals surface area contributed by atoms with Crippen molar-refractivity contribution in [3.8, 4) is 23.0 Å². The van der Waals surface area contributed by atoms with Gasteiger partial charge in [-0.05, 0) is 42.3 Å². The molecule has 1 aliphatic rings. The van der Waals surface area contributed by atoms with Crippen LogP contribution in [0.4, 0.5) is 0 Å². The molecule has 0 bridgehead atoms. The first-order valence-corrected chi connectivity index (χ1v) is 8.49. The molecule has 2 aromatic carbocycles. The van der Waals surface area contributed by atoms with Crippen LogP contribution in [0.25, 0.3) is 6.08 Å². The van der Waals surface area contributed by atoms with Gasteiger partial charge in [-0.2, -0.15) is 0 Å². The molecule has 0 N–H and O–H groups in total. The van der Waals surface area contributed by atoms with Crippen LogP contribution in [-0.2, 0) is 9.53 Å². The number of esters is 1. The second kappa shape index (κ2) is 8.04. The van der Waals surface area contributed by atoms with Crippen molar-refractivity contribution in [2.24, 2.45) is 4.99 Å². The van der Waals surface area contributed by atoms with E-state index in [2.05, 4.69) is 4.99 Å². The van der Waals surface area contributed by atoms with Crippen LogP contribution in [0.2, 0.25) is 0 Å². The number of nitrogens with zero attached hydrogens (tertiary/aromatic N) is 1. The lowest BCUT2D eigenvalue weighted by atomic mass is 10.1. The van der Waals surface area contributed by atoms with E-state index in [0.29, 0.717) is 34.1 Å². The maximum absolute atomic E-state index is 12.3. The molecule has 0 aromatic heterocycles. The first-order valence-electron chi connectivity index (χ1n) is 8.49. The molecule has 0 amide bonds. The fourth-order valence-corrected chi connectivity index (χ4v) is 2.96. The first kappa shape index (κ1) is 19.3. The van der Waals surface area contributed by atoms with Crippen LogP contribution >= 0.6 is 0 Å². The van der Waals surface area contributed by atoms with E-state index in [9.17, 15) is 4.79 Å². The zero-order valence-corrected chi connectivity index (χ0v) is 16.4. The van der Waals surface area contributed by atoms with Gasteiger partial charge in [0.2, 0.25) is 11.6 Å². The second-order valence-electron chi connectivity index (χ2n) is 5.95. The summed E-state index contributed by atoms with van der Waals surface area (Å²) >= 11 is 0. The van der Waals surface area contributed by atoms with Crippen LogP contribution in [0.1, 0.15) is 16.7 Å². The Morgan fingerprint density at radius 1 is 0.929 bits per heavy atom. The highest BCUT2D eigenvalue weighted by molar-refractivity contribution is 6.14. The van der Waals surface area contributed by atoms with Crippen molar-refractivity contribution in [1.29, 1.82) is 0 Å². The summed E-state index contributed by atoms with van der Waals surface area (Å²) in [5, 5.41) is 0. The average molecular weight is 383 g/mol. The molecule has 3 rings (SSSR count). The van der Waals surface area contributed by atoms with Crippen LogP contribution in [-0.4, -0.2) is 40.3 Å². The Balaban J connectivity index is 2.04. The van der Waals surface area contributed by atoms with Crippen LogP contribution in [0.15, 0.2) is 41.0 Å². The van der Waals surface area contributed by atoms with E-state index < -0.39 is 5.97 Å². The SMILES string of the molecule is COc1cc(C=C2N=C(c3cccc(C)c3OC)OC2=O)cc(OC)c1OC. The van der Waals surface area contributed by atoms with Gasteiger partial charge in [0, 0.05) is 0 Å². The van der Waals surface area contributed by atoms with Crippen molar-refractivity contribution in [2.45, 2.75) is 6.92 Å². The van der Waals surface area contributed by atoms with E-state index in [-0.39, 0.29) is 11.6 Å². The third-order valence-corrected chi connectivity index (χ3v) is 4.26. The number of cyclic esters (lactones) is 1. The summed E-state index contributed by atoms with van der Waals surface area (Å²) in [5.41, 5.74) is 2.35. The number of ether oxygens (including phenoxy) is 5. The molecule has 0 unspecified atom stereocenters. The molecular weight excluding hydrogens is 362 g/mol. The number of para-hydroxylation sites is 1. The van der Waals surface area contributed by atoms with Crippen LogP contribution in [0.3, 0.4) is 0 Å². The summed E-state index contributed by atoms with van der Waals surface area (Å²) in [7, 11) is 6.14. The number of aryl methyl sites for hydroxylation is 1. The first-order chi connectivity index (χ1) is 13.5. The standard InChI is InChI=1S/C21H21NO6/c1-12-7-6-8-14(18(12)26-4)20-22-15(21(23)28-20)9-13-10-16(24-2)19(27-5)17(11-13)25-3/h6-11H,1-5H3. The molecular formula is C21H21NO6. The molecule has 7 heteroatoms. The van der Waals surface area contributed by atoms with E-state index in [1.54, 1.807) is 31.4 Å². The van der Waals surface area contributed by atoms with Crippen molar-refractivity contribution in [1.82, 2.24) is 0 Å². The van der Waals surface area contributed by atoms with Gasteiger partial charge >= 0.3 is 5.97 Å². The van der Waals surface area contributed by atoms with Crippen molar-refractivity contribution in [2.75, 3.05) is 28.4 Å². The highest BCUT2D eigenvalue weighted by atomic mass is 16.6. The Kier molecular flexibility index (Phi) is 5.54. The second-order valence-corrected chi connectivity index (χ2v) is 5.95. The van der Waals surface area contributed by atoms with E-state index in [0.717, 1.165) is 5.56 Å². The molecule has 2 aromatic rings. The third-order valence-electron chi connectivity index (χ3n) is 4.26. The number of carbonyl (C=O) groups is 1. The van der Waals surface area contributed by atoms with E-state index in [1.807, 2.05) is 19.1 Å². The highest BCUT2D eigenvalue weighted by Crippen LogP contribution is 2.39. The lowest BCUT2D eigenvalue weighted by molar-refractivity contribution is -0.129. The topological polar surface area (TPSA) is 75.6 Å². The molecule has 0 spiro atoms. The zero-order chi connectivity index (χ0) is 20.3. The fourth-order valence-electron chi connectivity index (χ4n) is 2.96. The van der Waals surface area contributed by atoms with Gasteiger partial charge < -0.3 is 23.7 Å². The number of aliphatic imine (C=N–C) groups is 1. The Morgan fingerprint density at radius 3 is 2.14 bits per heavy atom. The molecule has 0 radical (unpaired) electrons. The number of carbonyl (C=O) groups excluding carboxylic acids is 1. The van der Waals surface area contributed by atoms with Gasteiger partial charge in [0.25, 0.3) is 0 Å². The number of hydrogen-bond acceptors (Lipinski definition) is 7. The van der Waals surface area contributed by atoms with Gasteiger partial charge in [-0.15, -0.1) is 0 Å². The molecule has 146 valence electrons. The van der Waals surface area contributed by atoms with E-state index in [4.69, 9.17) is 23.7 Å². The van der Waals surface area contributed by atoms with Gasteiger partial charge in [0.1, 0.15) is 5.75 Å². The normalized spacial score (nSPS) is 14.5. The summed E-state index contributed by atoms with van der Waals surface area (Å²) in [6, 6.07) is 9.00. The predicted octanol–water partition coefficient (Wildman–Crippen LogP) is 3.37. The maximum atomic E-state index is 12.3. The summed E-state index contributed by atoms with van der Waals surface area (Å²) in [6.45, 7) is 1.91. The van der Waals surface area contributed by atoms with Crippen LogP contribution in [0, 0.1) is 6.92 Å². The third kappa shape index (κ3) is 3.51. The van der Waals surface area contributed by atoms with Crippen molar-refractivity contribution in [3.63, 3.8) is 0 Å². The minimum absolute atomic E-state index is 0.160. The van der Waals surface area contributed by atoms with Gasteiger partial charge in [0.15, 0.2) is 17.2 Å². The molecule has 7 nitrogen and oxygen atoms in total. The molecule has 28 heavy (non-hydrogen) atoms. The molecule has 0 saturated heterocycles. The van der Waals surface area contributed by atoms with Crippen molar-refractivity contribution in [3.05, 3.63) is 52.7 Å². The number of benzene rings is 2. The fraction of sp³-hybridized carbons (Fsp3) is 0.238. The predicted molar refractivity (Wildman–Crippen MR) is 104 cm³/mol. The summed E-state index contributed by atoms with van der Waals surface area (Å²) in [5.74, 6) is 1.68.